The van der Waals surface area contributed by atoms with Gasteiger partial charge in [0.25, 0.3) is 0 Å². The van der Waals surface area contributed by atoms with Crippen LogP contribution in [0.25, 0.3) is 0 Å². The first-order valence-corrected chi connectivity index (χ1v) is 5.87. The zero-order valence-corrected chi connectivity index (χ0v) is 11.1. The molecule has 0 unspecified atom stereocenters. The van der Waals surface area contributed by atoms with E-state index in [1.807, 2.05) is 20.8 Å². The first-order valence-electron chi connectivity index (χ1n) is 5.87. The Morgan fingerprint density at radius 3 is 2.47 bits per heavy atom. The summed E-state index contributed by atoms with van der Waals surface area (Å²) in [6.45, 7) is 5.61. The predicted molar refractivity (Wildman–Crippen MR) is 69.9 cm³/mol. The maximum absolute atomic E-state index is 13.6. The number of halogens is 1. The Hall–Kier alpha value is -2.11. The van der Waals surface area contributed by atoms with E-state index in [1.54, 1.807) is 0 Å². The third-order valence-corrected chi connectivity index (χ3v) is 2.80. The Labute approximate surface area is 110 Å². The molecule has 0 atom stereocenters. The fourth-order valence-electron chi connectivity index (χ4n) is 1.30. The molecule has 104 valence electrons. The topological polar surface area (TPSA) is 78.4 Å². The number of amides is 2. The van der Waals surface area contributed by atoms with Crippen LogP contribution < -0.4 is 10.6 Å². The van der Waals surface area contributed by atoms with Crippen LogP contribution in [0.4, 0.5) is 14.9 Å². The lowest BCUT2D eigenvalue weighted by atomic mass is 10.0. The fraction of sp³-hybridized carbons (Fsp3) is 0.385. The summed E-state index contributed by atoms with van der Waals surface area (Å²) in [7, 11) is 0. The average Bonchev–Trinajstić information content (AvgIpc) is 2.30. The van der Waals surface area contributed by atoms with Crippen molar-refractivity contribution < 1.29 is 19.1 Å². The second-order valence-corrected chi connectivity index (χ2v) is 4.82. The highest BCUT2D eigenvalue weighted by Gasteiger charge is 2.18. The van der Waals surface area contributed by atoms with Crippen LogP contribution in [0.2, 0.25) is 0 Å². The zero-order valence-electron chi connectivity index (χ0n) is 11.1. The number of anilines is 1. The highest BCUT2D eigenvalue weighted by molar-refractivity contribution is 5.92. The van der Waals surface area contributed by atoms with Crippen molar-refractivity contribution in [1.82, 2.24) is 5.32 Å². The summed E-state index contributed by atoms with van der Waals surface area (Å²) in [5.41, 5.74) is -0.631. The molecule has 0 saturated carbocycles. The van der Waals surface area contributed by atoms with Gasteiger partial charge in [-0.1, -0.05) is 6.92 Å². The molecule has 0 spiro atoms. The third kappa shape index (κ3) is 4.24. The molecule has 0 saturated heterocycles. The monoisotopic (exact) mass is 268 g/mol. The summed E-state index contributed by atoms with van der Waals surface area (Å²) in [6, 6.07) is 2.78. The van der Waals surface area contributed by atoms with Crippen molar-refractivity contribution in [3.8, 4) is 0 Å². The number of urea groups is 1. The molecule has 6 heteroatoms. The van der Waals surface area contributed by atoms with Crippen molar-refractivity contribution in [2.24, 2.45) is 0 Å². The summed E-state index contributed by atoms with van der Waals surface area (Å²) in [5, 5.41) is 13.7. The van der Waals surface area contributed by atoms with Gasteiger partial charge in [0.15, 0.2) is 0 Å². The Kier molecular flexibility index (Phi) is 4.47. The molecular weight excluding hydrogens is 251 g/mol. The number of carbonyl (C=O) groups is 2. The molecule has 0 aliphatic carbocycles. The number of rotatable bonds is 4. The maximum Gasteiger partial charge on any atom is 0.335 e. The van der Waals surface area contributed by atoms with Gasteiger partial charge in [-0.25, -0.2) is 14.0 Å². The molecule has 5 nitrogen and oxygen atoms in total. The van der Waals surface area contributed by atoms with Gasteiger partial charge < -0.3 is 15.7 Å². The van der Waals surface area contributed by atoms with Crippen LogP contribution >= 0.6 is 0 Å². The molecule has 3 N–H and O–H groups in total. The van der Waals surface area contributed by atoms with Crippen molar-refractivity contribution >= 4 is 17.7 Å². The second kappa shape index (κ2) is 5.69. The van der Waals surface area contributed by atoms with E-state index in [4.69, 9.17) is 5.11 Å². The minimum Gasteiger partial charge on any atom is -0.478 e. The molecule has 0 aromatic heterocycles. The molecule has 0 heterocycles. The number of benzene rings is 1. The summed E-state index contributed by atoms with van der Waals surface area (Å²) < 4.78 is 13.6. The lowest BCUT2D eigenvalue weighted by molar-refractivity contribution is 0.0696. The van der Waals surface area contributed by atoms with Crippen LogP contribution in [0.15, 0.2) is 18.2 Å². The van der Waals surface area contributed by atoms with Gasteiger partial charge in [0.1, 0.15) is 5.82 Å². The Balaban J connectivity index is 2.78. The second-order valence-electron chi connectivity index (χ2n) is 4.82. The highest BCUT2D eigenvalue weighted by atomic mass is 19.1. The van der Waals surface area contributed by atoms with Gasteiger partial charge in [-0.15, -0.1) is 0 Å². The number of hydrogen-bond acceptors (Lipinski definition) is 2. The Morgan fingerprint density at radius 2 is 2.00 bits per heavy atom. The number of carboxylic acid groups (broad SMARTS) is 1. The summed E-state index contributed by atoms with van der Waals surface area (Å²) in [5.74, 6) is -2.01. The maximum atomic E-state index is 13.6. The van der Waals surface area contributed by atoms with Gasteiger partial charge in [0, 0.05) is 5.54 Å². The van der Waals surface area contributed by atoms with E-state index in [9.17, 15) is 14.0 Å². The van der Waals surface area contributed by atoms with Crippen LogP contribution in [0.5, 0.6) is 0 Å². The van der Waals surface area contributed by atoms with Crippen molar-refractivity contribution in [2.45, 2.75) is 32.7 Å². The van der Waals surface area contributed by atoms with Crippen LogP contribution in [-0.2, 0) is 0 Å². The number of aromatic carboxylic acids is 1. The number of hydrogen-bond donors (Lipinski definition) is 3. The van der Waals surface area contributed by atoms with E-state index in [-0.39, 0.29) is 11.3 Å². The summed E-state index contributed by atoms with van der Waals surface area (Å²) in [4.78, 5) is 22.3. The first-order chi connectivity index (χ1) is 8.75. The van der Waals surface area contributed by atoms with Gasteiger partial charge in [0.05, 0.1) is 11.3 Å². The SMILES string of the molecule is CCC(C)(C)NC(=O)Nc1ccc(C(=O)O)cc1F. The minimum absolute atomic E-state index is 0.0607. The molecule has 0 aliphatic rings. The van der Waals surface area contributed by atoms with Crippen LogP contribution in [-0.4, -0.2) is 22.6 Å². The van der Waals surface area contributed by atoms with Gasteiger partial charge in [-0.3, -0.25) is 0 Å². The van der Waals surface area contributed by atoms with E-state index in [0.29, 0.717) is 0 Å². The van der Waals surface area contributed by atoms with Crippen molar-refractivity contribution in [1.29, 1.82) is 0 Å². The van der Waals surface area contributed by atoms with E-state index >= 15 is 0 Å². The predicted octanol–water partition coefficient (Wildman–Crippen LogP) is 2.83. The molecule has 1 aromatic rings. The molecule has 1 aromatic carbocycles. The van der Waals surface area contributed by atoms with Crippen LogP contribution in [0.3, 0.4) is 0 Å². The molecule has 0 bridgehead atoms. The summed E-state index contributed by atoms with van der Waals surface area (Å²) >= 11 is 0. The molecule has 0 radical (unpaired) electrons. The molecular formula is C13H17FN2O3. The molecule has 19 heavy (non-hydrogen) atoms. The Morgan fingerprint density at radius 1 is 1.37 bits per heavy atom. The Bertz CT molecular complexity index is 501. The average molecular weight is 268 g/mol. The molecule has 0 fully saturated rings. The van der Waals surface area contributed by atoms with E-state index in [1.165, 1.54) is 12.1 Å². The standard InChI is InChI=1S/C13H17FN2O3/c1-4-13(2,3)16-12(19)15-10-6-5-8(11(17)18)7-9(10)14/h5-7H,4H2,1-3H3,(H,17,18)(H2,15,16,19). The van der Waals surface area contributed by atoms with Crippen LogP contribution in [0, 0.1) is 5.82 Å². The summed E-state index contributed by atoms with van der Waals surface area (Å²) in [6.07, 6.45) is 0.723. The zero-order chi connectivity index (χ0) is 14.6. The lowest BCUT2D eigenvalue weighted by Gasteiger charge is -2.24. The number of carboxylic acids is 1. The van der Waals surface area contributed by atoms with E-state index in [0.717, 1.165) is 12.5 Å². The highest BCUT2D eigenvalue weighted by Crippen LogP contribution is 2.16. The lowest BCUT2D eigenvalue weighted by Crippen LogP contribution is -2.45. The van der Waals surface area contributed by atoms with Crippen molar-refractivity contribution in [3.05, 3.63) is 29.6 Å². The molecule has 0 aliphatic heterocycles. The number of carbonyl (C=O) groups excluding carboxylic acids is 1. The molecule has 2 amide bonds. The minimum atomic E-state index is -1.22. The van der Waals surface area contributed by atoms with Gasteiger partial charge >= 0.3 is 12.0 Å². The van der Waals surface area contributed by atoms with Crippen LogP contribution in [0.1, 0.15) is 37.6 Å². The number of nitrogens with one attached hydrogen (secondary N) is 2. The smallest absolute Gasteiger partial charge is 0.335 e. The van der Waals surface area contributed by atoms with Gasteiger partial charge in [0.2, 0.25) is 0 Å². The van der Waals surface area contributed by atoms with E-state index in [2.05, 4.69) is 10.6 Å². The largest absolute Gasteiger partial charge is 0.478 e. The first kappa shape index (κ1) is 14.9. The third-order valence-electron chi connectivity index (χ3n) is 2.80. The fourth-order valence-corrected chi connectivity index (χ4v) is 1.30. The molecule has 1 rings (SSSR count). The van der Waals surface area contributed by atoms with Crippen molar-refractivity contribution in [2.75, 3.05) is 5.32 Å². The van der Waals surface area contributed by atoms with Gasteiger partial charge in [-0.2, -0.15) is 0 Å². The quantitative estimate of drug-likeness (QED) is 0.785. The van der Waals surface area contributed by atoms with E-state index < -0.39 is 23.4 Å². The van der Waals surface area contributed by atoms with Gasteiger partial charge in [-0.05, 0) is 38.5 Å². The van der Waals surface area contributed by atoms with Crippen molar-refractivity contribution in [3.63, 3.8) is 0 Å². The normalized spacial score (nSPS) is 10.9.